The third-order valence-electron chi connectivity index (χ3n) is 5.74. The molecular weight excluding hydrogens is 494 g/mol. The van der Waals surface area contributed by atoms with Crippen molar-refractivity contribution in [3.63, 3.8) is 0 Å². The van der Waals surface area contributed by atoms with Gasteiger partial charge in [-0.1, -0.05) is 29.9 Å². The van der Waals surface area contributed by atoms with E-state index in [-0.39, 0.29) is 48.2 Å². The van der Waals surface area contributed by atoms with E-state index >= 15 is 0 Å². The Labute approximate surface area is 221 Å². The average Bonchev–Trinajstić information content (AvgIpc) is 3.28. The lowest BCUT2D eigenvalue weighted by Crippen LogP contribution is -2.33. The maximum absolute atomic E-state index is 14.4. The van der Waals surface area contributed by atoms with E-state index in [9.17, 15) is 19.0 Å². The van der Waals surface area contributed by atoms with E-state index in [0.29, 0.717) is 11.8 Å². The molecule has 194 valence electrons. The molecule has 0 spiro atoms. The Balaban J connectivity index is 1.59. The second-order valence-electron chi connectivity index (χ2n) is 8.11. The Morgan fingerprint density at radius 2 is 2.17 bits per heavy atom. The van der Waals surface area contributed by atoms with Crippen LogP contribution in [0.1, 0.15) is 54.6 Å². The number of fused-ring (bicyclic) bond motifs is 1. The Hall–Kier alpha value is -2.45. The highest BCUT2D eigenvalue weighted by Crippen LogP contribution is 2.44. The zero-order valence-corrected chi connectivity index (χ0v) is 19.7. The van der Waals surface area contributed by atoms with Gasteiger partial charge in [0, 0.05) is 29.5 Å². The number of ether oxygens (including phenoxy) is 1. The molecule has 0 aliphatic heterocycles. The smallest absolute Gasteiger partial charge is 0.191 e. The van der Waals surface area contributed by atoms with Crippen molar-refractivity contribution in [2.75, 3.05) is 24.2 Å². The molecule has 10 nitrogen and oxygen atoms in total. The van der Waals surface area contributed by atoms with Gasteiger partial charge in [-0.3, -0.25) is 0 Å². The van der Waals surface area contributed by atoms with Crippen molar-refractivity contribution in [3.8, 4) is 0 Å². The van der Waals surface area contributed by atoms with Crippen molar-refractivity contribution in [2.45, 2.75) is 67.6 Å². The summed E-state index contributed by atoms with van der Waals surface area (Å²) in [5.74, 6) is -5.54. The van der Waals surface area contributed by atoms with Crippen LogP contribution in [0.2, 0.25) is 0 Å². The van der Waals surface area contributed by atoms with Gasteiger partial charge in [0.15, 0.2) is 33.8 Å². The molecule has 1 unspecified atom stereocenters. The fourth-order valence-electron chi connectivity index (χ4n) is 3.97. The number of thioether (sulfide) groups is 1. The topological polar surface area (TPSA) is 138 Å². The number of aliphatic hydroxyl groups is 3. The molecule has 1 aromatic carbocycles. The minimum absolute atomic E-state index is 0.0168. The number of rotatable bonds is 10. The zero-order valence-electron chi connectivity index (χ0n) is 26.9. The van der Waals surface area contributed by atoms with Crippen LogP contribution in [0, 0.1) is 11.6 Å². The third-order valence-corrected chi connectivity index (χ3v) is 6.54. The first-order chi connectivity index (χ1) is 20.5. The summed E-state index contributed by atoms with van der Waals surface area (Å²) < 4.78 is 101. The van der Waals surface area contributed by atoms with Crippen LogP contribution in [0.15, 0.2) is 23.3 Å². The normalized spacial score (nSPS) is 34.7. The molecule has 3 aromatic rings. The molecule has 0 amide bonds. The lowest BCUT2D eigenvalue weighted by molar-refractivity contribution is -0.0629. The Kier molecular flexibility index (Phi) is 5.00. The summed E-state index contributed by atoms with van der Waals surface area (Å²) in [6.07, 6.45) is -6.21. The predicted molar refractivity (Wildman–Crippen MR) is 128 cm³/mol. The fourth-order valence-corrected chi connectivity index (χ4v) is 4.52. The average molecular weight is 531 g/mol. The van der Waals surface area contributed by atoms with Crippen LogP contribution in [0.4, 0.5) is 14.6 Å². The van der Waals surface area contributed by atoms with E-state index < -0.39 is 83.7 Å². The van der Waals surface area contributed by atoms with Crippen LogP contribution in [0.3, 0.4) is 0 Å². The summed E-state index contributed by atoms with van der Waals surface area (Å²) in [6, 6.07) is -6.70. The van der Waals surface area contributed by atoms with Crippen LogP contribution >= 0.6 is 11.8 Å². The molecular formula is C23H28F2N6O4S. The molecule has 4 N–H and O–H groups in total. The Morgan fingerprint density at radius 3 is 2.94 bits per heavy atom. The van der Waals surface area contributed by atoms with Gasteiger partial charge < -0.3 is 25.4 Å². The van der Waals surface area contributed by atoms with Crippen molar-refractivity contribution >= 4 is 28.7 Å². The molecule has 36 heavy (non-hydrogen) atoms. The van der Waals surface area contributed by atoms with E-state index in [1.807, 2.05) is 0 Å². The molecule has 2 fully saturated rings. The molecule has 6 atom stereocenters. The number of aromatic nitrogens is 5. The van der Waals surface area contributed by atoms with Crippen molar-refractivity contribution in [2.24, 2.45) is 0 Å². The first kappa shape index (κ1) is 17.1. The van der Waals surface area contributed by atoms with E-state index in [0.717, 1.165) is 4.68 Å². The predicted octanol–water partition coefficient (Wildman–Crippen LogP) is 2.01. The molecule has 2 aliphatic carbocycles. The summed E-state index contributed by atoms with van der Waals surface area (Å²) >= 11 is 0.603. The van der Waals surface area contributed by atoms with Gasteiger partial charge in [-0.15, -0.1) is 5.10 Å². The standard InChI is InChI=1S/C23H28F2N6O4S/c1-2-7-36-23-27-21(26-15-9-12(15)11-3-4-13(24)14(25)8-11)18-22(28-23)31(30-29-18)16-10-17(35-6-5-32)20(34)19(16)33/h3-4,8,12,15-17,19-20,32-34H,2,5-7,9-10H2,1H3,(H,26,27,28)/t12?,15-,16+,17-,19-,20+/m0/s1/i3D,4D,7D2,8D,9D2,15D. The van der Waals surface area contributed by atoms with E-state index in [1.54, 1.807) is 6.92 Å². The lowest BCUT2D eigenvalue weighted by atomic mass is 10.1. The highest BCUT2D eigenvalue weighted by atomic mass is 32.2. The molecule has 2 aliphatic rings. The maximum Gasteiger partial charge on any atom is 0.191 e. The summed E-state index contributed by atoms with van der Waals surface area (Å²) in [5, 5.41) is 40.8. The van der Waals surface area contributed by atoms with E-state index in [1.165, 1.54) is 0 Å². The van der Waals surface area contributed by atoms with Gasteiger partial charge in [0.05, 0.1) is 30.8 Å². The number of benzene rings is 1. The Morgan fingerprint density at radius 1 is 1.33 bits per heavy atom. The van der Waals surface area contributed by atoms with Crippen LogP contribution in [-0.4, -0.2) is 83.5 Å². The first-order valence-corrected chi connectivity index (χ1v) is 12.0. The minimum Gasteiger partial charge on any atom is -0.394 e. The molecule has 2 aromatic heterocycles. The van der Waals surface area contributed by atoms with Crippen LogP contribution < -0.4 is 5.32 Å². The molecule has 0 saturated heterocycles. The maximum atomic E-state index is 14.4. The molecule has 13 heteroatoms. The molecule has 5 rings (SSSR count). The van der Waals surface area contributed by atoms with Crippen molar-refractivity contribution in [1.29, 1.82) is 0 Å². The van der Waals surface area contributed by atoms with Gasteiger partial charge in [-0.25, -0.2) is 23.4 Å². The van der Waals surface area contributed by atoms with Crippen LogP contribution in [-0.2, 0) is 4.74 Å². The number of halogens is 2. The van der Waals surface area contributed by atoms with Crippen molar-refractivity contribution < 1.29 is 39.8 Å². The van der Waals surface area contributed by atoms with Gasteiger partial charge >= 0.3 is 0 Å². The number of hydrogen-bond acceptors (Lipinski definition) is 10. The largest absolute Gasteiger partial charge is 0.394 e. The first-order valence-electron chi connectivity index (χ1n) is 15.1. The quantitative estimate of drug-likeness (QED) is 0.227. The second-order valence-corrected chi connectivity index (χ2v) is 8.97. The third kappa shape index (κ3) is 4.90. The van der Waals surface area contributed by atoms with Gasteiger partial charge in [-0.2, -0.15) is 0 Å². The SMILES string of the molecule is [2H]c1c([2H])c(C2C([2H])([2H])[C@]2([2H])Nc2nc(SC([2H])([2H])CC)nc3c2nnn3[C@@H]2C[C@H](OCCO)[C@@H](O)[C@H]2O)c([2H])c(F)c1F. The number of anilines is 1. The lowest BCUT2D eigenvalue weighted by Gasteiger charge is -2.17. The second kappa shape index (κ2) is 10.5. The van der Waals surface area contributed by atoms with E-state index in [2.05, 4.69) is 25.6 Å². The van der Waals surface area contributed by atoms with Gasteiger partial charge in [-0.05, 0) is 30.4 Å². The van der Waals surface area contributed by atoms with Crippen molar-refractivity contribution in [1.82, 2.24) is 25.0 Å². The van der Waals surface area contributed by atoms with Gasteiger partial charge in [0.25, 0.3) is 0 Å². The Bertz CT molecular complexity index is 1580. The summed E-state index contributed by atoms with van der Waals surface area (Å²) in [5.41, 5.74) is -2.80. The molecule has 2 heterocycles. The monoisotopic (exact) mass is 530 g/mol. The molecule has 0 bridgehead atoms. The van der Waals surface area contributed by atoms with Crippen LogP contribution in [0.5, 0.6) is 0 Å². The van der Waals surface area contributed by atoms with Gasteiger partial charge in [0.1, 0.15) is 12.2 Å². The van der Waals surface area contributed by atoms with E-state index in [4.69, 9.17) is 20.8 Å². The minimum atomic E-state index is -2.60. The highest BCUT2D eigenvalue weighted by Gasteiger charge is 2.45. The summed E-state index contributed by atoms with van der Waals surface area (Å²) in [6.45, 7) is 1.16. The molecule has 2 saturated carbocycles. The van der Waals surface area contributed by atoms with Crippen LogP contribution in [0.25, 0.3) is 11.2 Å². The number of nitrogens with one attached hydrogen (secondary N) is 1. The number of aliphatic hydroxyl groups excluding tert-OH is 3. The summed E-state index contributed by atoms with van der Waals surface area (Å²) in [7, 11) is 0. The highest BCUT2D eigenvalue weighted by molar-refractivity contribution is 7.99. The zero-order chi connectivity index (χ0) is 32.5. The number of hydrogen-bond donors (Lipinski definition) is 4. The summed E-state index contributed by atoms with van der Waals surface area (Å²) in [4.78, 5) is 8.60. The molecule has 0 radical (unpaired) electrons. The number of nitrogens with zero attached hydrogens (tertiary/aromatic N) is 5. The van der Waals surface area contributed by atoms with Gasteiger partial charge in [0.2, 0.25) is 0 Å². The fraction of sp³-hybridized carbons (Fsp3) is 0.565. The van der Waals surface area contributed by atoms with Crippen molar-refractivity contribution in [3.05, 3.63) is 35.3 Å².